The predicted octanol–water partition coefficient (Wildman–Crippen LogP) is 2.71. The minimum atomic E-state index is -0.118. The fourth-order valence-corrected chi connectivity index (χ4v) is 3.25. The first kappa shape index (κ1) is 18.9. The number of nitrogens with one attached hydrogen (secondary N) is 1. The number of rotatable bonds is 7. The number of aryl methyl sites for hydroxylation is 1. The second-order valence-electron chi connectivity index (χ2n) is 7.92. The highest BCUT2D eigenvalue weighted by molar-refractivity contribution is 5.76. The lowest BCUT2D eigenvalue weighted by molar-refractivity contribution is -0.122. The maximum Gasteiger partial charge on any atom is 0.226 e. The van der Waals surface area contributed by atoms with Gasteiger partial charge in [0.2, 0.25) is 11.8 Å². The molecule has 1 heterocycles. The van der Waals surface area contributed by atoms with Gasteiger partial charge in [-0.2, -0.15) is 4.98 Å². The molecule has 1 fully saturated rings. The van der Waals surface area contributed by atoms with Crippen molar-refractivity contribution < 1.29 is 9.32 Å². The molecular formula is C18H32N4O2. The Hall–Kier alpha value is -1.43. The maximum atomic E-state index is 12.2. The molecule has 1 aromatic heterocycles. The first-order chi connectivity index (χ1) is 11.4. The molecule has 6 heteroatoms. The molecule has 0 bridgehead atoms. The van der Waals surface area contributed by atoms with Crippen LogP contribution in [-0.4, -0.2) is 28.6 Å². The predicted molar refractivity (Wildman–Crippen MR) is 93.5 cm³/mol. The molecule has 0 aliphatic heterocycles. The Morgan fingerprint density at radius 1 is 1.33 bits per heavy atom. The number of nitrogens with zero attached hydrogens (tertiary/aromatic N) is 2. The molecule has 1 unspecified atom stereocenters. The molecule has 1 aliphatic carbocycles. The van der Waals surface area contributed by atoms with Crippen LogP contribution in [-0.2, 0) is 16.6 Å². The molecule has 0 saturated heterocycles. The lowest BCUT2D eigenvalue weighted by atomic mass is 9.84. The highest BCUT2D eigenvalue weighted by Crippen LogP contribution is 2.26. The normalized spacial score (nSPS) is 17.7. The van der Waals surface area contributed by atoms with Crippen molar-refractivity contribution in [2.24, 2.45) is 11.7 Å². The van der Waals surface area contributed by atoms with Crippen LogP contribution in [0.5, 0.6) is 0 Å². The molecule has 1 saturated carbocycles. The summed E-state index contributed by atoms with van der Waals surface area (Å²) in [6, 6.07) is 0.119. The van der Waals surface area contributed by atoms with Gasteiger partial charge in [0, 0.05) is 30.8 Å². The van der Waals surface area contributed by atoms with Gasteiger partial charge in [-0.05, 0) is 25.2 Å². The maximum absolute atomic E-state index is 12.2. The minimum Gasteiger partial charge on any atom is -0.352 e. The van der Waals surface area contributed by atoms with E-state index in [4.69, 9.17) is 10.3 Å². The quantitative estimate of drug-likeness (QED) is 0.798. The molecule has 1 amide bonds. The number of aromatic nitrogens is 2. The number of nitrogens with two attached hydrogens (primary N) is 1. The summed E-state index contributed by atoms with van der Waals surface area (Å²) in [5, 5.41) is 7.13. The fraction of sp³-hybridized carbons (Fsp3) is 0.833. The van der Waals surface area contributed by atoms with E-state index in [0.717, 1.165) is 0 Å². The standard InChI is InChI=1S/C18H32N4O2/c1-18(2,3)17-21-16(24-22-17)11-7-10-15(23)20-14(12-19)13-8-5-4-6-9-13/h13-14H,4-12,19H2,1-3H3,(H,20,23). The average molecular weight is 336 g/mol. The Kier molecular flexibility index (Phi) is 6.78. The van der Waals surface area contributed by atoms with Crippen LogP contribution in [0.1, 0.15) is 77.4 Å². The van der Waals surface area contributed by atoms with Crippen LogP contribution in [0.25, 0.3) is 0 Å². The summed E-state index contributed by atoms with van der Waals surface area (Å²) in [6.07, 6.45) is 7.99. The summed E-state index contributed by atoms with van der Waals surface area (Å²) in [7, 11) is 0. The van der Waals surface area contributed by atoms with Crippen molar-refractivity contribution in [2.45, 2.75) is 83.6 Å². The third-order valence-corrected chi connectivity index (χ3v) is 4.75. The van der Waals surface area contributed by atoms with Gasteiger partial charge in [0.15, 0.2) is 5.82 Å². The lowest BCUT2D eigenvalue weighted by Gasteiger charge is -2.30. The zero-order valence-electron chi connectivity index (χ0n) is 15.3. The molecule has 0 radical (unpaired) electrons. The highest BCUT2D eigenvalue weighted by Gasteiger charge is 2.24. The van der Waals surface area contributed by atoms with E-state index < -0.39 is 0 Å². The van der Waals surface area contributed by atoms with Crippen molar-refractivity contribution in [3.8, 4) is 0 Å². The Balaban J connectivity index is 1.73. The van der Waals surface area contributed by atoms with Crippen LogP contribution in [0.3, 0.4) is 0 Å². The fourth-order valence-electron chi connectivity index (χ4n) is 3.25. The van der Waals surface area contributed by atoms with Gasteiger partial charge in [-0.25, -0.2) is 0 Å². The number of hydrogen-bond acceptors (Lipinski definition) is 5. The molecule has 136 valence electrons. The molecular weight excluding hydrogens is 304 g/mol. The number of hydrogen-bond donors (Lipinski definition) is 2. The first-order valence-electron chi connectivity index (χ1n) is 9.22. The van der Waals surface area contributed by atoms with Gasteiger partial charge >= 0.3 is 0 Å². The third-order valence-electron chi connectivity index (χ3n) is 4.75. The summed E-state index contributed by atoms with van der Waals surface area (Å²) in [5.74, 6) is 1.93. The van der Waals surface area contributed by atoms with Gasteiger partial charge < -0.3 is 15.6 Å². The highest BCUT2D eigenvalue weighted by atomic mass is 16.5. The van der Waals surface area contributed by atoms with E-state index in [1.165, 1.54) is 32.1 Å². The Labute approximate surface area is 145 Å². The topological polar surface area (TPSA) is 94.0 Å². The van der Waals surface area contributed by atoms with Crippen molar-refractivity contribution in [2.75, 3.05) is 6.54 Å². The number of amides is 1. The number of carbonyl (C=O) groups excluding carboxylic acids is 1. The molecule has 3 N–H and O–H groups in total. The van der Waals surface area contributed by atoms with Gasteiger partial charge in [-0.1, -0.05) is 45.2 Å². The Morgan fingerprint density at radius 2 is 2.04 bits per heavy atom. The van der Waals surface area contributed by atoms with Crippen molar-refractivity contribution >= 4 is 5.91 Å². The minimum absolute atomic E-state index is 0.0755. The molecule has 6 nitrogen and oxygen atoms in total. The van der Waals surface area contributed by atoms with E-state index in [9.17, 15) is 4.79 Å². The van der Waals surface area contributed by atoms with E-state index in [2.05, 4.69) is 15.5 Å². The molecule has 1 atom stereocenters. The van der Waals surface area contributed by atoms with Crippen LogP contribution in [0.4, 0.5) is 0 Å². The summed E-state index contributed by atoms with van der Waals surface area (Å²) in [4.78, 5) is 16.6. The van der Waals surface area contributed by atoms with Gasteiger partial charge in [-0.15, -0.1) is 0 Å². The van der Waals surface area contributed by atoms with Crippen LogP contribution in [0.15, 0.2) is 4.52 Å². The smallest absolute Gasteiger partial charge is 0.226 e. The van der Waals surface area contributed by atoms with E-state index in [0.29, 0.717) is 43.4 Å². The molecule has 0 aromatic carbocycles. The van der Waals surface area contributed by atoms with Gasteiger partial charge in [0.1, 0.15) is 0 Å². The number of carbonyl (C=O) groups is 1. The Morgan fingerprint density at radius 3 is 2.62 bits per heavy atom. The van der Waals surface area contributed by atoms with Gasteiger partial charge in [0.25, 0.3) is 0 Å². The van der Waals surface area contributed by atoms with Gasteiger partial charge in [-0.3, -0.25) is 4.79 Å². The molecule has 0 spiro atoms. The first-order valence-corrected chi connectivity index (χ1v) is 9.22. The second kappa shape index (κ2) is 8.60. The lowest BCUT2D eigenvalue weighted by Crippen LogP contribution is -2.45. The van der Waals surface area contributed by atoms with Crippen molar-refractivity contribution in [3.63, 3.8) is 0 Å². The zero-order chi connectivity index (χ0) is 17.6. The van der Waals surface area contributed by atoms with Crippen LogP contribution in [0.2, 0.25) is 0 Å². The molecule has 1 aromatic rings. The molecule has 2 rings (SSSR count). The van der Waals surface area contributed by atoms with Crippen molar-refractivity contribution in [1.82, 2.24) is 15.5 Å². The van der Waals surface area contributed by atoms with E-state index in [1.54, 1.807) is 0 Å². The molecule has 24 heavy (non-hydrogen) atoms. The monoisotopic (exact) mass is 336 g/mol. The largest absolute Gasteiger partial charge is 0.352 e. The second-order valence-corrected chi connectivity index (χ2v) is 7.92. The summed E-state index contributed by atoms with van der Waals surface area (Å²) >= 11 is 0. The average Bonchev–Trinajstić information content (AvgIpc) is 3.02. The van der Waals surface area contributed by atoms with Crippen molar-refractivity contribution in [1.29, 1.82) is 0 Å². The van der Waals surface area contributed by atoms with E-state index in [-0.39, 0.29) is 17.4 Å². The van der Waals surface area contributed by atoms with E-state index in [1.807, 2.05) is 20.8 Å². The van der Waals surface area contributed by atoms with Crippen LogP contribution >= 0.6 is 0 Å². The van der Waals surface area contributed by atoms with Crippen LogP contribution in [0, 0.1) is 5.92 Å². The third kappa shape index (κ3) is 5.58. The van der Waals surface area contributed by atoms with E-state index >= 15 is 0 Å². The van der Waals surface area contributed by atoms with Crippen molar-refractivity contribution in [3.05, 3.63) is 11.7 Å². The van der Waals surface area contributed by atoms with Crippen LogP contribution < -0.4 is 11.1 Å². The Bertz CT molecular complexity index is 515. The molecule has 1 aliphatic rings. The summed E-state index contributed by atoms with van der Waals surface area (Å²) in [6.45, 7) is 6.67. The summed E-state index contributed by atoms with van der Waals surface area (Å²) in [5.41, 5.74) is 5.75. The van der Waals surface area contributed by atoms with Gasteiger partial charge in [0.05, 0.1) is 0 Å². The summed E-state index contributed by atoms with van der Waals surface area (Å²) < 4.78 is 5.26. The SMILES string of the molecule is CC(C)(C)c1noc(CCCC(=O)NC(CN)C2CCCCC2)n1. The zero-order valence-corrected chi connectivity index (χ0v) is 15.3.